The molecular weight excluding hydrogens is 264 g/mol. The third kappa shape index (κ3) is 3.92. The summed E-state index contributed by atoms with van der Waals surface area (Å²) < 4.78 is 5.39. The van der Waals surface area contributed by atoms with Crippen LogP contribution >= 0.6 is 0 Å². The van der Waals surface area contributed by atoms with E-state index in [-0.39, 0.29) is 12.1 Å². The molecule has 0 bridgehead atoms. The Morgan fingerprint density at radius 2 is 1.90 bits per heavy atom. The zero-order valence-corrected chi connectivity index (χ0v) is 12.4. The van der Waals surface area contributed by atoms with E-state index in [4.69, 9.17) is 4.74 Å². The third-order valence-corrected chi connectivity index (χ3v) is 4.32. The smallest absolute Gasteiger partial charge is 0.0834 e. The largest absolute Gasteiger partial charge is 0.390 e. The van der Waals surface area contributed by atoms with Crippen molar-refractivity contribution >= 4 is 6.08 Å². The van der Waals surface area contributed by atoms with Crippen molar-refractivity contribution in [2.24, 2.45) is 0 Å². The lowest BCUT2D eigenvalue weighted by Gasteiger charge is -2.33. The number of nitrogens with zero attached hydrogens (tertiary/aromatic N) is 2. The number of rotatable bonds is 4. The molecule has 1 aromatic carbocycles. The van der Waals surface area contributed by atoms with Crippen molar-refractivity contribution in [3.8, 4) is 0 Å². The van der Waals surface area contributed by atoms with E-state index >= 15 is 0 Å². The number of aliphatic hydroxyl groups is 1. The van der Waals surface area contributed by atoms with Gasteiger partial charge in [0.1, 0.15) is 0 Å². The fourth-order valence-corrected chi connectivity index (χ4v) is 3.17. The van der Waals surface area contributed by atoms with Gasteiger partial charge in [-0.3, -0.25) is 9.80 Å². The van der Waals surface area contributed by atoms with Crippen molar-refractivity contribution in [1.82, 2.24) is 9.80 Å². The highest BCUT2D eigenvalue weighted by Crippen LogP contribution is 2.17. The minimum atomic E-state index is -0.242. The van der Waals surface area contributed by atoms with Crippen molar-refractivity contribution in [2.45, 2.75) is 12.1 Å². The second kappa shape index (κ2) is 7.18. The molecule has 2 aliphatic rings. The van der Waals surface area contributed by atoms with Gasteiger partial charge in [0, 0.05) is 38.8 Å². The highest BCUT2D eigenvalue weighted by atomic mass is 16.5. The quantitative estimate of drug-likeness (QED) is 0.899. The van der Waals surface area contributed by atoms with Crippen molar-refractivity contribution in [3.63, 3.8) is 0 Å². The summed E-state index contributed by atoms with van der Waals surface area (Å²) in [4.78, 5) is 4.69. The molecule has 1 N–H and O–H groups in total. The lowest BCUT2D eigenvalue weighted by Crippen LogP contribution is -2.48. The minimum Gasteiger partial charge on any atom is -0.390 e. The number of hydrogen-bond donors (Lipinski definition) is 1. The van der Waals surface area contributed by atoms with Crippen LogP contribution in [0.1, 0.15) is 5.56 Å². The molecule has 2 atom stereocenters. The van der Waals surface area contributed by atoms with Gasteiger partial charge in [-0.1, -0.05) is 42.5 Å². The first-order valence-electron chi connectivity index (χ1n) is 7.77. The van der Waals surface area contributed by atoms with Crippen LogP contribution in [0.4, 0.5) is 0 Å². The topological polar surface area (TPSA) is 35.9 Å². The first-order valence-corrected chi connectivity index (χ1v) is 7.77. The molecule has 0 spiro atoms. The van der Waals surface area contributed by atoms with Gasteiger partial charge in [0.2, 0.25) is 0 Å². The second-order valence-electron chi connectivity index (χ2n) is 5.81. The molecule has 4 heteroatoms. The first kappa shape index (κ1) is 14.7. The van der Waals surface area contributed by atoms with E-state index in [1.54, 1.807) is 0 Å². The Hall–Kier alpha value is -1.20. The van der Waals surface area contributed by atoms with E-state index < -0.39 is 0 Å². The number of aliphatic hydroxyl groups excluding tert-OH is 1. The van der Waals surface area contributed by atoms with Crippen LogP contribution in [0.5, 0.6) is 0 Å². The number of ether oxygens (including phenoxy) is 1. The number of hydrogen-bond acceptors (Lipinski definition) is 4. The lowest BCUT2D eigenvalue weighted by molar-refractivity contribution is -0.00614. The summed E-state index contributed by atoms with van der Waals surface area (Å²) in [7, 11) is 0. The Balaban J connectivity index is 1.50. The summed E-state index contributed by atoms with van der Waals surface area (Å²) in [6.45, 7) is 6.06. The monoisotopic (exact) mass is 288 g/mol. The molecule has 3 rings (SSSR count). The Bertz CT molecular complexity index is 457. The highest BCUT2D eigenvalue weighted by molar-refractivity contribution is 5.48. The molecule has 0 aliphatic carbocycles. The summed E-state index contributed by atoms with van der Waals surface area (Å²) in [5.74, 6) is 0. The third-order valence-electron chi connectivity index (χ3n) is 4.32. The van der Waals surface area contributed by atoms with Gasteiger partial charge >= 0.3 is 0 Å². The number of likely N-dealkylation sites (tertiary alicyclic amines) is 1. The number of morpholine rings is 1. The molecular formula is C17H24N2O2. The summed E-state index contributed by atoms with van der Waals surface area (Å²) in [6.07, 6.45) is 4.09. The average Bonchev–Trinajstić information content (AvgIpc) is 2.90. The summed E-state index contributed by atoms with van der Waals surface area (Å²) >= 11 is 0. The van der Waals surface area contributed by atoms with Gasteiger partial charge in [-0.25, -0.2) is 0 Å². The van der Waals surface area contributed by atoms with Crippen molar-refractivity contribution in [2.75, 3.05) is 45.9 Å². The number of benzene rings is 1. The van der Waals surface area contributed by atoms with Crippen LogP contribution in [0.25, 0.3) is 6.08 Å². The summed E-state index contributed by atoms with van der Waals surface area (Å²) in [6, 6.07) is 10.6. The van der Waals surface area contributed by atoms with Gasteiger partial charge in [0.05, 0.1) is 19.3 Å². The Morgan fingerprint density at radius 3 is 2.67 bits per heavy atom. The Kier molecular flexibility index (Phi) is 5.04. The van der Waals surface area contributed by atoms with Gasteiger partial charge in [-0.05, 0) is 5.56 Å². The average molecular weight is 288 g/mol. The maximum Gasteiger partial charge on any atom is 0.0834 e. The molecule has 0 amide bonds. The van der Waals surface area contributed by atoms with Gasteiger partial charge in [-0.15, -0.1) is 0 Å². The van der Waals surface area contributed by atoms with Crippen molar-refractivity contribution in [1.29, 1.82) is 0 Å². The molecule has 0 aromatic heterocycles. The SMILES string of the molecule is O[C@@H]1CN(C/C=C/c2ccccc2)C[C@H]1N1CCOCC1. The molecule has 2 aliphatic heterocycles. The van der Waals surface area contributed by atoms with Crippen LogP contribution in [-0.2, 0) is 4.74 Å². The van der Waals surface area contributed by atoms with Crippen molar-refractivity contribution in [3.05, 3.63) is 42.0 Å². The molecule has 1 aromatic rings. The molecule has 0 saturated carbocycles. The molecule has 114 valence electrons. The highest BCUT2D eigenvalue weighted by Gasteiger charge is 2.35. The molecule has 4 nitrogen and oxygen atoms in total. The van der Waals surface area contributed by atoms with E-state index in [1.165, 1.54) is 5.56 Å². The number of β-amino-alcohol motifs (C(OH)–C–C–N with tert-alkyl or cyclic N) is 1. The van der Waals surface area contributed by atoms with E-state index in [0.717, 1.165) is 45.9 Å². The van der Waals surface area contributed by atoms with Crippen LogP contribution in [0.3, 0.4) is 0 Å². The summed E-state index contributed by atoms with van der Waals surface area (Å²) in [5.41, 5.74) is 1.22. The van der Waals surface area contributed by atoms with E-state index in [0.29, 0.717) is 0 Å². The predicted octanol–water partition coefficient (Wildman–Crippen LogP) is 1.08. The van der Waals surface area contributed by atoms with Crippen LogP contribution < -0.4 is 0 Å². The van der Waals surface area contributed by atoms with E-state index in [1.807, 2.05) is 18.2 Å². The molecule has 0 radical (unpaired) electrons. The normalized spacial score (nSPS) is 28.4. The predicted molar refractivity (Wildman–Crippen MR) is 84.1 cm³/mol. The molecule has 2 heterocycles. The zero-order chi connectivity index (χ0) is 14.5. The van der Waals surface area contributed by atoms with Crippen LogP contribution in [-0.4, -0.2) is 73.0 Å². The maximum absolute atomic E-state index is 10.3. The standard InChI is InChI=1S/C17H24N2O2/c20-17-14-18(8-4-7-15-5-2-1-3-6-15)13-16(17)19-9-11-21-12-10-19/h1-7,16-17,20H,8-14H2/b7-4+/t16-,17-/m1/s1. The van der Waals surface area contributed by atoms with Gasteiger partial charge in [0.25, 0.3) is 0 Å². The van der Waals surface area contributed by atoms with Crippen LogP contribution in [0, 0.1) is 0 Å². The second-order valence-corrected chi connectivity index (χ2v) is 5.81. The maximum atomic E-state index is 10.3. The van der Waals surface area contributed by atoms with E-state index in [2.05, 4.69) is 34.1 Å². The fourth-order valence-electron chi connectivity index (χ4n) is 3.17. The van der Waals surface area contributed by atoms with E-state index in [9.17, 15) is 5.11 Å². The molecule has 21 heavy (non-hydrogen) atoms. The van der Waals surface area contributed by atoms with Gasteiger partial charge < -0.3 is 9.84 Å². The fraction of sp³-hybridized carbons (Fsp3) is 0.529. The first-order chi connectivity index (χ1) is 10.3. The van der Waals surface area contributed by atoms with Crippen molar-refractivity contribution < 1.29 is 9.84 Å². The molecule has 0 unspecified atom stereocenters. The lowest BCUT2D eigenvalue weighted by atomic mass is 10.1. The molecule has 2 fully saturated rings. The molecule has 2 saturated heterocycles. The van der Waals surface area contributed by atoms with Gasteiger partial charge in [0.15, 0.2) is 0 Å². The van der Waals surface area contributed by atoms with Gasteiger partial charge in [-0.2, -0.15) is 0 Å². The van der Waals surface area contributed by atoms with Crippen LogP contribution in [0.15, 0.2) is 36.4 Å². The Labute approximate surface area is 126 Å². The minimum absolute atomic E-state index is 0.242. The summed E-state index contributed by atoms with van der Waals surface area (Å²) in [5, 5.41) is 10.3. The Morgan fingerprint density at radius 1 is 1.14 bits per heavy atom. The van der Waals surface area contributed by atoms with Crippen LogP contribution in [0.2, 0.25) is 0 Å². The zero-order valence-electron chi connectivity index (χ0n) is 12.4.